The standard InChI is InChI=1S/C15H27N3O2S/c1-12(2)11-17-5-7-18(8-6-17)14(19)15(13(16)21)3-9-20-10-4-15/h12H,3-11H2,1-2H3,(H2,16,21). The summed E-state index contributed by atoms with van der Waals surface area (Å²) in [5, 5.41) is 0. The van der Waals surface area contributed by atoms with Crippen molar-refractivity contribution in [3.05, 3.63) is 0 Å². The van der Waals surface area contributed by atoms with E-state index >= 15 is 0 Å². The second-order valence-corrected chi connectivity index (χ2v) is 6.99. The molecule has 5 nitrogen and oxygen atoms in total. The van der Waals surface area contributed by atoms with E-state index in [9.17, 15) is 4.79 Å². The lowest BCUT2D eigenvalue weighted by molar-refractivity contribution is -0.144. The quantitative estimate of drug-likeness (QED) is 0.781. The van der Waals surface area contributed by atoms with Gasteiger partial charge in [-0.1, -0.05) is 26.1 Å². The zero-order chi connectivity index (χ0) is 15.5. The van der Waals surface area contributed by atoms with E-state index in [1.54, 1.807) is 0 Å². The number of ether oxygens (including phenoxy) is 1. The van der Waals surface area contributed by atoms with E-state index < -0.39 is 5.41 Å². The number of nitrogens with zero attached hydrogens (tertiary/aromatic N) is 2. The molecule has 21 heavy (non-hydrogen) atoms. The third-order valence-corrected chi connectivity index (χ3v) is 4.90. The Morgan fingerprint density at radius 1 is 1.24 bits per heavy atom. The molecular formula is C15H27N3O2S. The van der Waals surface area contributed by atoms with Crippen molar-refractivity contribution in [2.24, 2.45) is 17.1 Å². The van der Waals surface area contributed by atoms with Crippen LogP contribution in [0.3, 0.4) is 0 Å². The average molecular weight is 313 g/mol. The highest BCUT2D eigenvalue weighted by molar-refractivity contribution is 7.80. The van der Waals surface area contributed by atoms with Gasteiger partial charge in [0.1, 0.15) is 5.41 Å². The minimum absolute atomic E-state index is 0.113. The van der Waals surface area contributed by atoms with Gasteiger partial charge in [0.2, 0.25) is 5.91 Å². The van der Waals surface area contributed by atoms with Crippen molar-refractivity contribution < 1.29 is 9.53 Å². The Labute approximate surface area is 132 Å². The summed E-state index contributed by atoms with van der Waals surface area (Å²) in [6.07, 6.45) is 1.24. The first kappa shape index (κ1) is 16.6. The molecule has 1 amide bonds. The van der Waals surface area contributed by atoms with Gasteiger partial charge < -0.3 is 15.4 Å². The maximum Gasteiger partial charge on any atom is 0.235 e. The molecule has 0 spiro atoms. The Balaban J connectivity index is 1.98. The zero-order valence-corrected chi connectivity index (χ0v) is 14.0. The summed E-state index contributed by atoms with van der Waals surface area (Å²) in [7, 11) is 0. The number of rotatable bonds is 4. The summed E-state index contributed by atoms with van der Waals surface area (Å²) in [5.41, 5.74) is 5.25. The van der Waals surface area contributed by atoms with E-state index in [-0.39, 0.29) is 5.91 Å². The highest BCUT2D eigenvalue weighted by Crippen LogP contribution is 2.33. The number of thiocarbonyl (C=S) groups is 1. The number of amides is 1. The summed E-state index contributed by atoms with van der Waals surface area (Å²) in [4.78, 5) is 17.6. The Morgan fingerprint density at radius 3 is 2.29 bits per heavy atom. The van der Waals surface area contributed by atoms with Gasteiger partial charge in [-0.15, -0.1) is 0 Å². The van der Waals surface area contributed by atoms with Gasteiger partial charge in [0.25, 0.3) is 0 Å². The third kappa shape index (κ3) is 3.73. The van der Waals surface area contributed by atoms with Crippen molar-refractivity contribution in [2.45, 2.75) is 26.7 Å². The first-order valence-electron chi connectivity index (χ1n) is 7.85. The van der Waals surface area contributed by atoms with Crippen LogP contribution in [0.1, 0.15) is 26.7 Å². The molecule has 2 saturated heterocycles. The van der Waals surface area contributed by atoms with Gasteiger partial charge in [0.05, 0.1) is 4.99 Å². The van der Waals surface area contributed by atoms with Crippen molar-refractivity contribution in [3.63, 3.8) is 0 Å². The van der Waals surface area contributed by atoms with Gasteiger partial charge >= 0.3 is 0 Å². The second-order valence-electron chi connectivity index (χ2n) is 6.55. The monoisotopic (exact) mass is 313 g/mol. The molecular weight excluding hydrogens is 286 g/mol. The molecule has 0 aromatic heterocycles. The van der Waals surface area contributed by atoms with Crippen LogP contribution in [-0.2, 0) is 9.53 Å². The molecule has 0 saturated carbocycles. The van der Waals surface area contributed by atoms with Gasteiger partial charge in [-0.3, -0.25) is 9.69 Å². The molecule has 2 N–H and O–H groups in total. The molecule has 2 aliphatic rings. The molecule has 0 atom stereocenters. The lowest BCUT2D eigenvalue weighted by Crippen LogP contribution is -2.57. The fourth-order valence-electron chi connectivity index (χ4n) is 3.24. The van der Waals surface area contributed by atoms with E-state index in [1.165, 1.54) is 0 Å². The number of hydrogen-bond donors (Lipinski definition) is 1. The number of carbonyl (C=O) groups is 1. The van der Waals surface area contributed by atoms with E-state index in [0.29, 0.717) is 37.0 Å². The third-order valence-electron chi connectivity index (χ3n) is 4.51. The molecule has 0 aliphatic carbocycles. The summed E-state index contributed by atoms with van der Waals surface area (Å²) >= 11 is 5.22. The normalized spacial score (nSPS) is 23.3. The van der Waals surface area contributed by atoms with Gasteiger partial charge in [0, 0.05) is 45.9 Å². The SMILES string of the molecule is CC(C)CN1CCN(C(=O)C2(C(N)=S)CCOCC2)CC1. The van der Waals surface area contributed by atoms with E-state index in [1.807, 2.05) is 4.90 Å². The van der Waals surface area contributed by atoms with Crippen molar-refractivity contribution in [2.75, 3.05) is 45.9 Å². The predicted molar refractivity (Wildman–Crippen MR) is 87.1 cm³/mol. The van der Waals surface area contributed by atoms with Crippen molar-refractivity contribution in [1.29, 1.82) is 0 Å². The molecule has 0 radical (unpaired) electrons. The van der Waals surface area contributed by atoms with Crippen molar-refractivity contribution >= 4 is 23.1 Å². The van der Waals surface area contributed by atoms with Crippen LogP contribution in [0.4, 0.5) is 0 Å². The summed E-state index contributed by atoms with van der Waals surface area (Å²) in [6.45, 7) is 10.1. The summed E-state index contributed by atoms with van der Waals surface area (Å²) in [6, 6.07) is 0. The minimum atomic E-state index is -0.673. The van der Waals surface area contributed by atoms with E-state index in [4.69, 9.17) is 22.7 Å². The molecule has 0 unspecified atom stereocenters. The molecule has 0 bridgehead atoms. The first-order chi connectivity index (χ1) is 9.95. The van der Waals surface area contributed by atoms with Crippen LogP contribution in [0, 0.1) is 11.3 Å². The van der Waals surface area contributed by atoms with Gasteiger partial charge in [-0.2, -0.15) is 0 Å². The summed E-state index contributed by atoms with van der Waals surface area (Å²) < 4.78 is 5.38. The van der Waals surface area contributed by atoms with Crippen LogP contribution in [0.5, 0.6) is 0 Å². The fourth-order valence-corrected chi connectivity index (χ4v) is 3.53. The molecule has 6 heteroatoms. The molecule has 2 fully saturated rings. The number of hydrogen-bond acceptors (Lipinski definition) is 4. The topological polar surface area (TPSA) is 58.8 Å². The largest absolute Gasteiger partial charge is 0.392 e. The smallest absolute Gasteiger partial charge is 0.235 e. The van der Waals surface area contributed by atoms with Gasteiger partial charge in [0.15, 0.2) is 0 Å². The Kier molecular flexibility index (Phi) is 5.57. The van der Waals surface area contributed by atoms with Crippen LogP contribution in [0.2, 0.25) is 0 Å². The average Bonchev–Trinajstić information content (AvgIpc) is 2.47. The highest BCUT2D eigenvalue weighted by atomic mass is 32.1. The van der Waals surface area contributed by atoms with Crippen LogP contribution < -0.4 is 5.73 Å². The van der Waals surface area contributed by atoms with Gasteiger partial charge in [-0.25, -0.2) is 0 Å². The fraction of sp³-hybridized carbons (Fsp3) is 0.867. The lowest BCUT2D eigenvalue weighted by Gasteiger charge is -2.42. The first-order valence-corrected chi connectivity index (χ1v) is 8.26. The molecule has 2 heterocycles. The van der Waals surface area contributed by atoms with Crippen LogP contribution in [0.15, 0.2) is 0 Å². The van der Waals surface area contributed by atoms with Crippen LogP contribution in [0.25, 0.3) is 0 Å². The zero-order valence-electron chi connectivity index (χ0n) is 13.1. The van der Waals surface area contributed by atoms with Crippen LogP contribution in [-0.4, -0.2) is 66.6 Å². The molecule has 2 aliphatic heterocycles. The maximum atomic E-state index is 12.9. The second kappa shape index (κ2) is 7.03. The number of carbonyl (C=O) groups excluding carboxylic acids is 1. The Hall–Kier alpha value is -0.720. The van der Waals surface area contributed by atoms with E-state index in [0.717, 1.165) is 32.7 Å². The molecule has 2 rings (SSSR count). The number of piperazine rings is 1. The van der Waals surface area contributed by atoms with Gasteiger partial charge in [-0.05, 0) is 18.8 Å². The lowest BCUT2D eigenvalue weighted by atomic mass is 9.78. The Bertz CT molecular complexity index is 386. The van der Waals surface area contributed by atoms with Crippen molar-refractivity contribution in [3.8, 4) is 0 Å². The highest BCUT2D eigenvalue weighted by Gasteiger charge is 2.45. The Morgan fingerprint density at radius 2 is 1.81 bits per heavy atom. The maximum absolute atomic E-state index is 12.9. The summed E-state index contributed by atoms with van der Waals surface area (Å²) in [5.74, 6) is 0.771. The molecule has 120 valence electrons. The van der Waals surface area contributed by atoms with E-state index in [2.05, 4.69) is 18.7 Å². The predicted octanol–water partition coefficient (Wildman–Crippen LogP) is 0.870. The molecule has 0 aromatic rings. The minimum Gasteiger partial charge on any atom is -0.392 e. The van der Waals surface area contributed by atoms with Crippen molar-refractivity contribution in [1.82, 2.24) is 9.80 Å². The number of nitrogens with two attached hydrogens (primary N) is 1. The molecule has 0 aromatic carbocycles. The van der Waals surface area contributed by atoms with Crippen LogP contribution >= 0.6 is 12.2 Å².